The van der Waals surface area contributed by atoms with Gasteiger partial charge < -0.3 is 37.2 Å². The van der Waals surface area contributed by atoms with Crippen LogP contribution in [0.1, 0.15) is 39.0 Å². The summed E-state index contributed by atoms with van der Waals surface area (Å²) >= 11 is 0. The number of carboxylic acid groups (broad SMARTS) is 2. The van der Waals surface area contributed by atoms with Crippen molar-refractivity contribution in [1.82, 2.24) is 21.3 Å². The Hall–Kier alpha value is -3.22. The van der Waals surface area contributed by atoms with Crippen LogP contribution in [0.15, 0.2) is 0 Å². The molecule has 0 spiro atoms. The van der Waals surface area contributed by atoms with Crippen LogP contribution in [-0.4, -0.2) is 76.5 Å². The van der Waals surface area contributed by atoms with Crippen molar-refractivity contribution in [2.45, 2.75) is 63.2 Å². The first-order valence-corrected chi connectivity index (χ1v) is 9.38. The second-order valence-electron chi connectivity index (χ2n) is 6.94. The van der Waals surface area contributed by atoms with Gasteiger partial charge in [-0.2, -0.15) is 0 Å². The van der Waals surface area contributed by atoms with Crippen LogP contribution in [0.25, 0.3) is 0 Å². The summed E-state index contributed by atoms with van der Waals surface area (Å²) in [5, 5.41) is 27.8. The van der Waals surface area contributed by atoms with E-state index in [0.717, 1.165) is 6.42 Å². The molecule has 4 unspecified atom stereocenters. The lowest BCUT2D eigenvalue weighted by molar-refractivity contribution is -0.143. The Morgan fingerprint density at radius 1 is 1.03 bits per heavy atom. The molecule has 1 aliphatic rings. The van der Waals surface area contributed by atoms with E-state index in [4.69, 9.17) is 15.9 Å². The van der Waals surface area contributed by atoms with Gasteiger partial charge in [0.2, 0.25) is 23.6 Å². The molecule has 1 aliphatic heterocycles. The van der Waals surface area contributed by atoms with Crippen molar-refractivity contribution >= 4 is 35.6 Å². The number of nitrogens with two attached hydrogens (primary N) is 1. The molecule has 13 nitrogen and oxygen atoms in total. The van der Waals surface area contributed by atoms with Gasteiger partial charge in [-0.15, -0.1) is 0 Å². The number of carbonyl (C=O) groups excluding carboxylic acids is 4. The molecule has 13 heteroatoms. The zero-order chi connectivity index (χ0) is 22.8. The summed E-state index contributed by atoms with van der Waals surface area (Å²) in [6.45, 7) is 1.89. The highest BCUT2D eigenvalue weighted by molar-refractivity contribution is 5.95. The fourth-order valence-corrected chi connectivity index (χ4v) is 2.78. The maximum absolute atomic E-state index is 12.4. The van der Waals surface area contributed by atoms with Gasteiger partial charge in [0.15, 0.2) is 0 Å². The summed E-state index contributed by atoms with van der Waals surface area (Å²) in [5.74, 6) is -5.75. The maximum Gasteiger partial charge on any atom is 0.326 e. The van der Waals surface area contributed by atoms with Crippen LogP contribution in [0.2, 0.25) is 0 Å². The molecule has 4 atom stereocenters. The van der Waals surface area contributed by atoms with Gasteiger partial charge in [-0.3, -0.25) is 24.0 Å². The van der Waals surface area contributed by atoms with E-state index in [2.05, 4.69) is 21.3 Å². The van der Waals surface area contributed by atoms with Crippen LogP contribution >= 0.6 is 0 Å². The molecule has 0 aromatic rings. The van der Waals surface area contributed by atoms with E-state index in [1.54, 1.807) is 0 Å². The fraction of sp³-hybridized carbons (Fsp3) is 0.647. The average molecular weight is 429 g/mol. The lowest BCUT2D eigenvalue weighted by Gasteiger charge is -2.22. The minimum Gasteiger partial charge on any atom is -0.481 e. The molecule has 8 N–H and O–H groups in total. The number of nitrogens with one attached hydrogen (secondary N) is 4. The highest BCUT2D eigenvalue weighted by Gasteiger charge is 2.31. The molecule has 0 aliphatic carbocycles. The number of primary amides is 1. The summed E-state index contributed by atoms with van der Waals surface area (Å²) < 4.78 is 0. The molecule has 0 aromatic carbocycles. The number of rotatable bonds is 12. The number of hydrogen-bond acceptors (Lipinski definition) is 7. The molecular formula is C17H27N5O8. The molecule has 30 heavy (non-hydrogen) atoms. The van der Waals surface area contributed by atoms with Crippen molar-refractivity contribution in [3.63, 3.8) is 0 Å². The average Bonchev–Trinajstić information content (AvgIpc) is 3.18. The van der Waals surface area contributed by atoms with Crippen molar-refractivity contribution in [3.8, 4) is 0 Å². The van der Waals surface area contributed by atoms with Crippen molar-refractivity contribution in [2.24, 2.45) is 5.73 Å². The number of aliphatic carboxylic acids is 2. The van der Waals surface area contributed by atoms with E-state index in [-0.39, 0.29) is 12.8 Å². The summed E-state index contributed by atoms with van der Waals surface area (Å²) in [5.41, 5.74) is 4.97. The summed E-state index contributed by atoms with van der Waals surface area (Å²) in [7, 11) is 0. The minimum atomic E-state index is -1.42. The Balaban J connectivity index is 2.69. The lowest BCUT2D eigenvalue weighted by Crippen LogP contribution is -2.56. The van der Waals surface area contributed by atoms with Gasteiger partial charge in [0.25, 0.3) is 0 Å². The molecule has 1 saturated heterocycles. The second-order valence-corrected chi connectivity index (χ2v) is 6.94. The van der Waals surface area contributed by atoms with Gasteiger partial charge in [-0.05, 0) is 32.7 Å². The smallest absolute Gasteiger partial charge is 0.326 e. The van der Waals surface area contributed by atoms with E-state index in [0.29, 0.717) is 13.0 Å². The van der Waals surface area contributed by atoms with Crippen LogP contribution < -0.4 is 27.0 Å². The molecule has 0 aromatic heterocycles. The summed E-state index contributed by atoms with van der Waals surface area (Å²) in [6, 6.07) is -4.58. The van der Waals surface area contributed by atoms with E-state index >= 15 is 0 Å². The Morgan fingerprint density at radius 2 is 1.70 bits per heavy atom. The first-order valence-electron chi connectivity index (χ1n) is 9.38. The molecular weight excluding hydrogens is 402 g/mol. The molecule has 0 radical (unpaired) electrons. The van der Waals surface area contributed by atoms with Crippen LogP contribution in [-0.2, 0) is 28.8 Å². The molecule has 0 saturated carbocycles. The predicted octanol–water partition coefficient (Wildman–Crippen LogP) is -2.96. The summed E-state index contributed by atoms with van der Waals surface area (Å²) in [4.78, 5) is 69.8. The summed E-state index contributed by atoms with van der Waals surface area (Å²) in [6.07, 6.45) is 0.123. The van der Waals surface area contributed by atoms with Crippen LogP contribution in [0, 0.1) is 0 Å². The standard InChI is InChI=1S/C17H27N5O8/c1-8(14(26)21-10(17(29)30)4-5-12(18)23)20-16(28)11(7-13(24)25)22-15(27)9-3-2-6-19-9/h8-11,19H,2-7H2,1H3,(H2,18,23)(H,20,28)(H,21,26)(H,22,27)(H,24,25)(H,29,30). The third-order valence-electron chi connectivity index (χ3n) is 4.43. The Bertz CT molecular complexity index is 692. The molecule has 1 heterocycles. The predicted molar refractivity (Wildman–Crippen MR) is 101 cm³/mol. The zero-order valence-electron chi connectivity index (χ0n) is 16.5. The number of amides is 4. The third-order valence-corrected chi connectivity index (χ3v) is 4.43. The van der Waals surface area contributed by atoms with Gasteiger partial charge in [-0.1, -0.05) is 0 Å². The first-order chi connectivity index (χ1) is 14.0. The highest BCUT2D eigenvalue weighted by Crippen LogP contribution is 2.06. The molecule has 1 rings (SSSR count). The largest absolute Gasteiger partial charge is 0.481 e. The first kappa shape index (κ1) is 24.8. The van der Waals surface area contributed by atoms with Crippen LogP contribution in [0.5, 0.6) is 0 Å². The van der Waals surface area contributed by atoms with E-state index < -0.39 is 66.2 Å². The molecule has 1 fully saturated rings. The Kier molecular flexibility index (Phi) is 9.68. The van der Waals surface area contributed by atoms with Crippen molar-refractivity contribution in [2.75, 3.05) is 6.54 Å². The van der Waals surface area contributed by atoms with E-state index in [1.165, 1.54) is 6.92 Å². The van der Waals surface area contributed by atoms with E-state index in [1.807, 2.05) is 0 Å². The minimum absolute atomic E-state index is 0.233. The molecule has 168 valence electrons. The number of hydrogen-bond donors (Lipinski definition) is 7. The molecule has 0 bridgehead atoms. The maximum atomic E-state index is 12.4. The highest BCUT2D eigenvalue weighted by atomic mass is 16.4. The second kappa shape index (κ2) is 11.7. The van der Waals surface area contributed by atoms with Gasteiger partial charge in [0.05, 0.1) is 12.5 Å². The van der Waals surface area contributed by atoms with Crippen molar-refractivity contribution in [1.29, 1.82) is 0 Å². The van der Waals surface area contributed by atoms with Crippen molar-refractivity contribution in [3.05, 3.63) is 0 Å². The third kappa shape index (κ3) is 8.43. The van der Waals surface area contributed by atoms with E-state index in [9.17, 15) is 28.8 Å². The monoisotopic (exact) mass is 429 g/mol. The normalized spacial score (nSPS) is 18.5. The Labute approximate surface area is 172 Å². The van der Waals surface area contributed by atoms with Gasteiger partial charge in [-0.25, -0.2) is 4.79 Å². The van der Waals surface area contributed by atoms with Gasteiger partial charge >= 0.3 is 11.9 Å². The van der Waals surface area contributed by atoms with Gasteiger partial charge in [0, 0.05) is 6.42 Å². The van der Waals surface area contributed by atoms with Crippen LogP contribution in [0.4, 0.5) is 0 Å². The lowest BCUT2D eigenvalue weighted by atomic mass is 10.1. The quantitative estimate of drug-likeness (QED) is 0.168. The van der Waals surface area contributed by atoms with Gasteiger partial charge in [0.1, 0.15) is 18.1 Å². The number of carboxylic acids is 2. The number of carbonyl (C=O) groups is 6. The van der Waals surface area contributed by atoms with Crippen LogP contribution in [0.3, 0.4) is 0 Å². The molecule has 4 amide bonds. The Morgan fingerprint density at radius 3 is 2.20 bits per heavy atom. The SMILES string of the molecule is CC(NC(=O)C(CC(=O)O)NC(=O)C1CCCN1)C(=O)NC(CCC(N)=O)C(=O)O. The zero-order valence-corrected chi connectivity index (χ0v) is 16.5. The fourth-order valence-electron chi connectivity index (χ4n) is 2.78. The topological polar surface area (TPSA) is 217 Å². The van der Waals surface area contributed by atoms with Crippen molar-refractivity contribution < 1.29 is 39.0 Å².